The summed E-state index contributed by atoms with van der Waals surface area (Å²) in [5, 5.41) is 0. The Morgan fingerprint density at radius 3 is 2.42 bits per heavy atom. The van der Waals surface area contributed by atoms with E-state index in [1.54, 1.807) is 29.2 Å². The van der Waals surface area contributed by atoms with E-state index in [2.05, 4.69) is 10.7 Å². The highest BCUT2D eigenvalue weighted by Gasteiger charge is 2.13. The molecule has 2 aromatic carbocycles. The average molecular weight is 329 g/mol. The summed E-state index contributed by atoms with van der Waals surface area (Å²) in [4.78, 5) is 12.9. The van der Waals surface area contributed by atoms with Gasteiger partial charge in [0.15, 0.2) is 0 Å². The van der Waals surface area contributed by atoms with Crippen LogP contribution in [0.5, 0.6) is 0 Å². The van der Waals surface area contributed by atoms with Gasteiger partial charge in [-0.3, -0.25) is 4.79 Å². The number of ether oxygens (including phenoxy) is 1. The van der Waals surface area contributed by atoms with E-state index in [1.807, 2.05) is 0 Å². The predicted molar refractivity (Wildman–Crippen MR) is 88.4 cm³/mol. The monoisotopic (exact) mass is 329 g/mol. The van der Waals surface area contributed by atoms with Gasteiger partial charge in [0.1, 0.15) is 11.6 Å². The van der Waals surface area contributed by atoms with Crippen LogP contribution in [0.1, 0.15) is 11.1 Å². The van der Waals surface area contributed by atoms with Crippen molar-refractivity contribution >= 4 is 11.7 Å². The quantitative estimate of drug-likeness (QED) is 0.601. The van der Waals surface area contributed by atoms with Gasteiger partial charge in [0.2, 0.25) is 0 Å². The predicted octanol–water partition coefficient (Wildman–Crippen LogP) is 3.32. The maximum Gasteiger partial charge on any atom is 0.309 e. The van der Waals surface area contributed by atoms with Crippen LogP contribution in [0.15, 0.2) is 42.5 Å². The lowest BCUT2D eigenvalue weighted by Crippen LogP contribution is -2.24. The van der Waals surface area contributed by atoms with Crippen LogP contribution in [-0.4, -0.2) is 19.6 Å². The molecule has 24 heavy (non-hydrogen) atoms. The third-order valence-corrected chi connectivity index (χ3v) is 3.50. The molecule has 0 aliphatic rings. The van der Waals surface area contributed by atoms with Gasteiger partial charge < -0.3 is 9.64 Å². The van der Waals surface area contributed by atoms with Crippen molar-refractivity contribution in [3.05, 3.63) is 65.2 Å². The summed E-state index contributed by atoms with van der Waals surface area (Å²) in [5.41, 5.74) is 1.65. The number of rotatable bonds is 6. The van der Waals surface area contributed by atoms with Crippen LogP contribution in [0.25, 0.3) is 0 Å². The molecule has 124 valence electrons. The Kier molecular flexibility index (Phi) is 5.91. The van der Waals surface area contributed by atoms with E-state index in [1.165, 1.54) is 25.3 Å². The van der Waals surface area contributed by atoms with E-state index >= 15 is 0 Å². The molecule has 0 unspecified atom stereocenters. The number of hydrogen-bond acceptors (Lipinski definition) is 3. The molecule has 0 aromatic heterocycles. The van der Waals surface area contributed by atoms with E-state index in [-0.39, 0.29) is 18.8 Å². The highest BCUT2D eigenvalue weighted by molar-refractivity contribution is 5.72. The van der Waals surface area contributed by atoms with Crippen LogP contribution in [-0.2, 0) is 22.5 Å². The summed E-state index contributed by atoms with van der Waals surface area (Å²) >= 11 is 0. The molecule has 2 aromatic rings. The lowest BCUT2D eigenvalue weighted by Gasteiger charge is -2.23. The molecule has 5 heteroatoms. The zero-order valence-corrected chi connectivity index (χ0v) is 13.3. The van der Waals surface area contributed by atoms with Crippen LogP contribution in [0.2, 0.25) is 0 Å². The average Bonchev–Trinajstić information content (AvgIpc) is 2.56. The summed E-state index contributed by atoms with van der Waals surface area (Å²) in [6.07, 6.45) is 5.37. The fourth-order valence-corrected chi connectivity index (χ4v) is 2.30. The summed E-state index contributed by atoms with van der Waals surface area (Å²) in [6.45, 7) is 0.544. The highest BCUT2D eigenvalue weighted by atomic mass is 19.1. The number of benzene rings is 2. The number of carbonyl (C=O) groups is 1. The number of halogens is 2. The molecular weight excluding hydrogens is 312 g/mol. The lowest BCUT2D eigenvalue weighted by molar-refractivity contribution is -0.139. The molecule has 0 saturated carbocycles. The van der Waals surface area contributed by atoms with Crippen molar-refractivity contribution in [2.24, 2.45) is 0 Å². The normalized spacial score (nSPS) is 10.1. The smallest absolute Gasteiger partial charge is 0.309 e. The Morgan fingerprint density at radius 1 is 1.17 bits per heavy atom. The Hall–Kier alpha value is -2.87. The van der Waals surface area contributed by atoms with Crippen LogP contribution < -0.4 is 4.90 Å². The largest absolute Gasteiger partial charge is 0.469 e. The maximum atomic E-state index is 14.4. The lowest BCUT2D eigenvalue weighted by atomic mass is 10.1. The first-order valence-corrected chi connectivity index (χ1v) is 7.31. The summed E-state index contributed by atoms with van der Waals surface area (Å²) in [6, 6.07) is 10.5. The standard InChI is InChI=1S/C19H17F2NO2/c1-3-10-22(13-14-4-7-16(20)8-5-14)18-9-6-15(11-17(18)21)12-19(23)24-2/h1,4-9,11H,10,12-13H2,2H3. The Bertz CT molecular complexity index is 751. The van der Waals surface area contributed by atoms with Crippen LogP contribution in [0.3, 0.4) is 0 Å². The molecule has 0 heterocycles. The van der Waals surface area contributed by atoms with E-state index < -0.39 is 11.8 Å². The molecule has 0 saturated heterocycles. The zero-order valence-electron chi connectivity index (χ0n) is 13.3. The topological polar surface area (TPSA) is 29.5 Å². The molecule has 0 aliphatic carbocycles. The number of terminal acetylenes is 1. The first-order valence-electron chi connectivity index (χ1n) is 7.31. The summed E-state index contributed by atoms with van der Waals surface area (Å²) in [7, 11) is 1.28. The minimum atomic E-state index is -0.478. The molecule has 0 spiro atoms. The highest BCUT2D eigenvalue weighted by Crippen LogP contribution is 2.23. The summed E-state index contributed by atoms with van der Waals surface area (Å²) in [5.74, 6) is 1.25. The second kappa shape index (κ2) is 8.11. The van der Waals surface area contributed by atoms with Crippen LogP contribution in [0, 0.1) is 24.0 Å². The molecule has 0 atom stereocenters. The number of nitrogens with zero attached hydrogens (tertiary/aromatic N) is 1. The maximum absolute atomic E-state index is 14.4. The van der Waals surface area contributed by atoms with Crippen molar-refractivity contribution in [2.45, 2.75) is 13.0 Å². The van der Waals surface area contributed by atoms with Crippen molar-refractivity contribution in [2.75, 3.05) is 18.6 Å². The second-order valence-electron chi connectivity index (χ2n) is 5.23. The Balaban J connectivity index is 2.22. The third-order valence-electron chi connectivity index (χ3n) is 3.50. The zero-order chi connectivity index (χ0) is 17.5. The third kappa shape index (κ3) is 4.56. The first-order chi connectivity index (χ1) is 11.5. The van der Waals surface area contributed by atoms with Crippen molar-refractivity contribution in [1.29, 1.82) is 0 Å². The molecule has 0 N–H and O–H groups in total. The molecule has 0 amide bonds. The fraction of sp³-hybridized carbons (Fsp3) is 0.211. The number of anilines is 1. The molecule has 0 aliphatic heterocycles. The molecule has 0 radical (unpaired) electrons. The molecule has 2 rings (SSSR count). The first kappa shape index (κ1) is 17.5. The van der Waals surface area contributed by atoms with Gasteiger partial charge in [-0.25, -0.2) is 8.78 Å². The van der Waals surface area contributed by atoms with E-state index in [4.69, 9.17) is 6.42 Å². The summed E-state index contributed by atoms with van der Waals surface area (Å²) < 4.78 is 32.0. The Morgan fingerprint density at radius 2 is 1.83 bits per heavy atom. The SMILES string of the molecule is C#CCN(Cc1ccc(F)cc1)c1ccc(CC(=O)OC)cc1F. The molecule has 3 nitrogen and oxygen atoms in total. The number of esters is 1. The van der Waals surface area contributed by atoms with Gasteiger partial charge in [-0.15, -0.1) is 6.42 Å². The van der Waals surface area contributed by atoms with E-state index in [9.17, 15) is 13.6 Å². The van der Waals surface area contributed by atoms with Crippen molar-refractivity contribution in [3.8, 4) is 12.3 Å². The van der Waals surface area contributed by atoms with Crippen molar-refractivity contribution in [1.82, 2.24) is 0 Å². The van der Waals surface area contributed by atoms with Crippen LogP contribution in [0.4, 0.5) is 14.5 Å². The Labute approximate surface area is 139 Å². The second-order valence-corrected chi connectivity index (χ2v) is 5.23. The van der Waals surface area contributed by atoms with E-state index in [0.717, 1.165) is 5.56 Å². The van der Waals surface area contributed by atoms with E-state index in [0.29, 0.717) is 17.8 Å². The number of methoxy groups -OCH3 is 1. The number of carbonyl (C=O) groups excluding carboxylic acids is 1. The van der Waals surface area contributed by atoms with Gasteiger partial charge in [-0.1, -0.05) is 24.1 Å². The van der Waals surface area contributed by atoms with Crippen LogP contribution >= 0.6 is 0 Å². The van der Waals surface area contributed by atoms with Gasteiger partial charge in [-0.05, 0) is 35.4 Å². The minimum Gasteiger partial charge on any atom is -0.469 e. The van der Waals surface area contributed by atoms with Crippen molar-refractivity contribution in [3.63, 3.8) is 0 Å². The number of hydrogen-bond donors (Lipinski definition) is 0. The van der Waals surface area contributed by atoms with Gasteiger partial charge in [0, 0.05) is 6.54 Å². The molecular formula is C19H17F2NO2. The fourth-order valence-electron chi connectivity index (χ4n) is 2.30. The molecule has 0 bridgehead atoms. The van der Waals surface area contributed by atoms with Gasteiger partial charge >= 0.3 is 5.97 Å². The van der Waals surface area contributed by atoms with Gasteiger partial charge in [0.25, 0.3) is 0 Å². The van der Waals surface area contributed by atoms with Gasteiger partial charge in [-0.2, -0.15) is 0 Å². The molecule has 0 fully saturated rings. The minimum absolute atomic E-state index is 0.000795. The van der Waals surface area contributed by atoms with Crippen molar-refractivity contribution < 1.29 is 18.3 Å². The van der Waals surface area contributed by atoms with Gasteiger partial charge in [0.05, 0.1) is 25.8 Å².